The summed E-state index contributed by atoms with van der Waals surface area (Å²) < 4.78 is 24.2. The van der Waals surface area contributed by atoms with E-state index in [2.05, 4.69) is 20.2 Å². The van der Waals surface area contributed by atoms with Crippen LogP contribution < -0.4 is 10.0 Å². The first-order valence-electron chi connectivity index (χ1n) is 5.78. The third-order valence-electron chi connectivity index (χ3n) is 2.15. The minimum Gasteiger partial charge on any atom is -0.297 e. The van der Waals surface area contributed by atoms with Gasteiger partial charge < -0.3 is 0 Å². The number of carbonyl (C=O) groups is 1. The zero-order chi connectivity index (χ0) is 15.3. The lowest BCUT2D eigenvalue weighted by Gasteiger charge is -1.96. The molecule has 0 aliphatic carbocycles. The molecule has 110 valence electrons. The Morgan fingerprint density at radius 1 is 1.19 bits per heavy atom. The van der Waals surface area contributed by atoms with Gasteiger partial charge in [-0.25, -0.2) is 8.42 Å². The minimum atomic E-state index is -3.41. The van der Waals surface area contributed by atoms with Crippen molar-refractivity contribution in [2.24, 2.45) is 0 Å². The number of hydrogen-bond acceptors (Lipinski definition) is 6. The van der Waals surface area contributed by atoms with E-state index in [1.54, 1.807) is 6.08 Å². The highest BCUT2D eigenvalue weighted by molar-refractivity contribution is 7.92. The average Bonchev–Trinajstić information content (AvgIpc) is 2.82. The number of sulfonamides is 1. The molecular formula is C12H12N4O3S2. The summed E-state index contributed by atoms with van der Waals surface area (Å²) in [5.41, 5.74) is 0.893. The standard InChI is InChI=1S/C12H12N4O3S2/c1-21(18,19)16-12-15-14-11(20-12)13-10(17)8-7-9-5-3-2-4-6-9/h2-8H,1H3,(H,15,16)(H,13,14,17)/b8-7+. The molecule has 0 spiro atoms. The molecule has 0 saturated heterocycles. The SMILES string of the molecule is CS(=O)(=O)Nc1nnc(NC(=O)/C=C/c2ccccc2)s1. The van der Waals surface area contributed by atoms with Gasteiger partial charge >= 0.3 is 0 Å². The molecule has 0 saturated carbocycles. The van der Waals surface area contributed by atoms with Gasteiger partial charge in [-0.3, -0.25) is 14.8 Å². The number of benzene rings is 1. The van der Waals surface area contributed by atoms with Gasteiger partial charge in [-0.05, 0) is 11.6 Å². The number of amides is 1. The molecule has 0 radical (unpaired) electrons. The molecule has 0 bridgehead atoms. The van der Waals surface area contributed by atoms with Crippen molar-refractivity contribution >= 4 is 43.6 Å². The predicted molar refractivity (Wildman–Crippen MR) is 82.5 cm³/mol. The fraction of sp³-hybridized carbons (Fsp3) is 0.0833. The molecule has 21 heavy (non-hydrogen) atoms. The van der Waals surface area contributed by atoms with Crippen LogP contribution in [0.2, 0.25) is 0 Å². The van der Waals surface area contributed by atoms with E-state index in [1.165, 1.54) is 6.08 Å². The van der Waals surface area contributed by atoms with Gasteiger partial charge in [0.1, 0.15) is 0 Å². The van der Waals surface area contributed by atoms with Gasteiger partial charge in [0.25, 0.3) is 0 Å². The maximum atomic E-state index is 11.7. The van der Waals surface area contributed by atoms with Crippen molar-refractivity contribution in [3.05, 3.63) is 42.0 Å². The molecule has 1 heterocycles. The monoisotopic (exact) mass is 324 g/mol. The molecule has 2 rings (SSSR count). The molecule has 0 fully saturated rings. The first kappa shape index (κ1) is 15.1. The van der Waals surface area contributed by atoms with E-state index in [9.17, 15) is 13.2 Å². The number of rotatable bonds is 5. The molecule has 1 aromatic heterocycles. The van der Waals surface area contributed by atoms with Crippen LogP contribution >= 0.6 is 11.3 Å². The summed E-state index contributed by atoms with van der Waals surface area (Å²) in [6.07, 6.45) is 4.03. The first-order valence-corrected chi connectivity index (χ1v) is 8.48. The number of hydrogen-bond donors (Lipinski definition) is 2. The highest BCUT2D eigenvalue weighted by atomic mass is 32.2. The molecule has 0 unspecified atom stereocenters. The summed E-state index contributed by atoms with van der Waals surface area (Å²) in [7, 11) is -3.41. The van der Waals surface area contributed by atoms with Gasteiger partial charge in [-0.15, -0.1) is 10.2 Å². The van der Waals surface area contributed by atoms with Gasteiger partial charge in [0.15, 0.2) is 0 Å². The Balaban J connectivity index is 1.96. The smallest absolute Gasteiger partial charge is 0.250 e. The molecule has 7 nitrogen and oxygen atoms in total. The van der Waals surface area contributed by atoms with Crippen molar-refractivity contribution in [2.75, 3.05) is 16.3 Å². The topological polar surface area (TPSA) is 101 Å². The molecule has 2 N–H and O–H groups in total. The quantitative estimate of drug-likeness (QED) is 0.813. The number of nitrogens with one attached hydrogen (secondary N) is 2. The molecule has 1 aromatic carbocycles. The Hall–Kier alpha value is -2.26. The van der Waals surface area contributed by atoms with E-state index in [4.69, 9.17) is 0 Å². The Morgan fingerprint density at radius 2 is 1.86 bits per heavy atom. The Bertz CT molecular complexity index is 754. The van der Waals surface area contributed by atoms with Crippen molar-refractivity contribution < 1.29 is 13.2 Å². The van der Waals surface area contributed by atoms with Crippen LogP contribution in [0, 0.1) is 0 Å². The van der Waals surface area contributed by atoms with Crippen molar-refractivity contribution in [1.82, 2.24) is 10.2 Å². The second kappa shape index (κ2) is 6.46. The molecular weight excluding hydrogens is 312 g/mol. The van der Waals surface area contributed by atoms with Crippen LogP contribution in [0.4, 0.5) is 10.3 Å². The Morgan fingerprint density at radius 3 is 2.52 bits per heavy atom. The molecule has 1 amide bonds. The molecule has 2 aromatic rings. The van der Waals surface area contributed by atoms with Gasteiger partial charge in [0.2, 0.25) is 26.2 Å². The maximum Gasteiger partial charge on any atom is 0.250 e. The largest absolute Gasteiger partial charge is 0.297 e. The first-order chi connectivity index (χ1) is 9.92. The molecule has 0 aliphatic rings. The van der Waals surface area contributed by atoms with Crippen LogP contribution in [0.1, 0.15) is 5.56 Å². The van der Waals surface area contributed by atoms with Crippen molar-refractivity contribution in [1.29, 1.82) is 0 Å². The van der Waals surface area contributed by atoms with Crippen LogP contribution in [0.5, 0.6) is 0 Å². The van der Waals surface area contributed by atoms with Crippen LogP contribution in [-0.2, 0) is 14.8 Å². The highest BCUT2D eigenvalue weighted by Gasteiger charge is 2.09. The summed E-state index contributed by atoms with van der Waals surface area (Å²) in [5, 5.41) is 10.1. The summed E-state index contributed by atoms with van der Waals surface area (Å²) in [5.74, 6) is -0.374. The summed E-state index contributed by atoms with van der Waals surface area (Å²) in [4.78, 5) is 11.7. The van der Waals surface area contributed by atoms with Gasteiger partial charge in [0.05, 0.1) is 6.26 Å². The molecule has 9 heteroatoms. The minimum absolute atomic E-state index is 0.0971. The van der Waals surface area contributed by atoms with Crippen molar-refractivity contribution in [3.63, 3.8) is 0 Å². The van der Waals surface area contributed by atoms with Crippen LogP contribution in [-0.4, -0.2) is 30.8 Å². The number of aromatic nitrogens is 2. The third-order valence-corrected chi connectivity index (χ3v) is 3.60. The number of nitrogens with zero attached hydrogens (tertiary/aromatic N) is 2. The average molecular weight is 324 g/mol. The molecule has 0 aliphatic heterocycles. The van der Waals surface area contributed by atoms with Gasteiger partial charge in [-0.2, -0.15) is 0 Å². The number of anilines is 2. The van der Waals surface area contributed by atoms with Crippen molar-refractivity contribution in [3.8, 4) is 0 Å². The maximum absolute atomic E-state index is 11.7. The van der Waals surface area contributed by atoms with Gasteiger partial charge in [0, 0.05) is 6.08 Å². The van der Waals surface area contributed by atoms with E-state index < -0.39 is 10.0 Å². The Kier molecular flexibility index (Phi) is 4.66. The van der Waals surface area contributed by atoms with E-state index in [-0.39, 0.29) is 16.2 Å². The third kappa shape index (κ3) is 5.32. The summed E-state index contributed by atoms with van der Waals surface area (Å²) >= 11 is 0.931. The zero-order valence-electron chi connectivity index (χ0n) is 11.0. The van der Waals surface area contributed by atoms with E-state index >= 15 is 0 Å². The second-order valence-corrected chi connectivity index (χ2v) is 6.75. The van der Waals surface area contributed by atoms with Crippen LogP contribution in [0.25, 0.3) is 6.08 Å². The normalized spacial score (nSPS) is 11.5. The number of carbonyl (C=O) groups excluding carboxylic acids is 1. The van der Waals surface area contributed by atoms with Crippen molar-refractivity contribution in [2.45, 2.75) is 0 Å². The molecule has 0 atom stereocenters. The van der Waals surface area contributed by atoms with Gasteiger partial charge in [-0.1, -0.05) is 41.7 Å². The lowest BCUT2D eigenvalue weighted by atomic mass is 10.2. The van der Waals surface area contributed by atoms with Crippen LogP contribution in [0.15, 0.2) is 36.4 Å². The predicted octanol–water partition coefficient (Wildman–Crippen LogP) is 1.56. The van der Waals surface area contributed by atoms with E-state index in [0.29, 0.717) is 0 Å². The zero-order valence-corrected chi connectivity index (χ0v) is 12.6. The fourth-order valence-corrected chi connectivity index (χ4v) is 2.83. The summed E-state index contributed by atoms with van der Waals surface area (Å²) in [6, 6.07) is 9.34. The highest BCUT2D eigenvalue weighted by Crippen LogP contribution is 2.20. The lowest BCUT2D eigenvalue weighted by molar-refractivity contribution is -0.111. The Labute approximate surface area is 125 Å². The van der Waals surface area contributed by atoms with E-state index in [1.807, 2.05) is 30.3 Å². The summed E-state index contributed by atoms with van der Waals surface area (Å²) in [6.45, 7) is 0. The lowest BCUT2D eigenvalue weighted by Crippen LogP contribution is -2.09. The second-order valence-electron chi connectivity index (χ2n) is 4.02. The van der Waals surface area contributed by atoms with E-state index in [0.717, 1.165) is 23.2 Å². The van der Waals surface area contributed by atoms with Crippen LogP contribution in [0.3, 0.4) is 0 Å². The fourth-order valence-electron chi connectivity index (χ4n) is 1.36.